The number of halogens is 2. The molecule has 3 rings (SSSR count). The summed E-state index contributed by atoms with van der Waals surface area (Å²) in [5.41, 5.74) is 5.30. The zero-order chi connectivity index (χ0) is 16.8. The van der Waals surface area contributed by atoms with Crippen LogP contribution in [0.4, 0.5) is 20.2 Å². The van der Waals surface area contributed by atoms with Gasteiger partial charge in [-0.2, -0.15) is 0 Å². The highest BCUT2D eigenvalue weighted by Gasteiger charge is 2.33. The van der Waals surface area contributed by atoms with Crippen LogP contribution in [0.2, 0.25) is 0 Å². The minimum Gasteiger partial charge on any atom is -0.381 e. The maximum Gasteiger partial charge on any atom is 0.159 e. The number of aryl methyl sites for hydroxylation is 2. The van der Waals surface area contributed by atoms with Crippen molar-refractivity contribution in [1.82, 2.24) is 0 Å². The molecule has 0 aliphatic carbocycles. The fourth-order valence-corrected chi connectivity index (χ4v) is 3.02. The van der Waals surface area contributed by atoms with Gasteiger partial charge in [-0.25, -0.2) is 8.78 Å². The van der Waals surface area contributed by atoms with Gasteiger partial charge in [0.1, 0.15) is 0 Å². The lowest BCUT2D eigenvalue weighted by molar-refractivity contribution is 0.466. The quantitative estimate of drug-likeness (QED) is 0.857. The molecule has 2 aromatic rings. The van der Waals surface area contributed by atoms with Gasteiger partial charge >= 0.3 is 0 Å². The van der Waals surface area contributed by atoms with Gasteiger partial charge in [-0.1, -0.05) is 6.07 Å². The number of hydrogen-bond acceptors (Lipinski definition) is 2. The molecule has 122 valence electrons. The minimum absolute atomic E-state index is 0.125. The van der Waals surface area contributed by atoms with E-state index < -0.39 is 11.6 Å². The summed E-state index contributed by atoms with van der Waals surface area (Å²) < 4.78 is 26.7. The Balaban J connectivity index is 2.02. The number of benzene rings is 2. The van der Waals surface area contributed by atoms with Gasteiger partial charge in [0, 0.05) is 13.1 Å². The van der Waals surface area contributed by atoms with Crippen LogP contribution in [0.25, 0.3) is 0 Å². The minimum atomic E-state index is -0.805. The molecule has 0 amide bonds. The third-order valence-electron chi connectivity index (χ3n) is 4.67. The van der Waals surface area contributed by atoms with Crippen molar-refractivity contribution in [2.75, 3.05) is 16.8 Å². The van der Waals surface area contributed by atoms with Crippen LogP contribution in [0.15, 0.2) is 30.3 Å². The lowest BCUT2D eigenvalue weighted by Crippen LogP contribution is -2.51. The van der Waals surface area contributed by atoms with E-state index in [-0.39, 0.29) is 5.54 Å². The highest BCUT2D eigenvalue weighted by molar-refractivity contribution is 5.75. The molecule has 0 aromatic heterocycles. The Kier molecular flexibility index (Phi) is 3.78. The lowest BCUT2D eigenvalue weighted by atomic mass is 9.94. The normalized spacial score (nSPS) is 16.0. The standard InChI is InChI=1S/C19H22F2N2/c1-12-7-17-18(8-13(12)2)23(19(3,4)11-22-17)10-14-5-6-15(20)16(21)9-14/h5-9,22H,10-11H2,1-4H3. The molecule has 1 aliphatic heterocycles. The zero-order valence-electron chi connectivity index (χ0n) is 14.0. The smallest absolute Gasteiger partial charge is 0.159 e. The Labute approximate surface area is 136 Å². The predicted molar refractivity (Wildman–Crippen MR) is 91.0 cm³/mol. The molecule has 0 spiro atoms. The van der Waals surface area contributed by atoms with E-state index in [0.717, 1.165) is 23.5 Å². The second-order valence-corrected chi connectivity index (χ2v) is 6.95. The van der Waals surface area contributed by atoms with Crippen LogP contribution in [0, 0.1) is 25.5 Å². The zero-order valence-corrected chi connectivity index (χ0v) is 14.0. The molecular weight excluding hydrogens is 294 g/mol. The van der Waals surface area contributed by atoms with Crippen molar-refractivity contribution in [3.8, 4) is 0 Å². The van der Waals surface area contributed by atoms with Gasteiger partial charge in [0.05, 0.1) is 16.9 Å². The maximum atomic E-state index is 13.5. The molecule has 0 atom stereocenters. The van der Waals surface area contributed by atoms with E-state index in [2.05, 4.69) is 50.0 Å². The molecule has 0 bridgehead atoms. The van der Waals surface area contributed by atoms with E-state index in [0.29, 0.717) is 6.54 Å². The fourth-order valence-electron chi connectivity index (χ4n) is 3.02. The molecule has 0 unspecified atom stereocenters. The summed E-state index contributed by atoms with van der Waals surface area (Å²) in [4.78, 5) is 2.26. The summed E-state index contributed by atoms with van der Waals surface area (Å²) >= 11 is 0. The third kappa shape index (κ3) is 2.90. The van der Waals surface area contributed by atoms with Gasteiger partial charge in [0.15, 0.2) is 11.6 Å². The summed E-state index contributed by atoms with van der Waals surface area (Å²) in [6.45, 7) is 9.83. The molecule has 1 N–H and O–H groups in total. The highest BCUT2D eigenvalue weighted by Crippen LogP contribution is 2.39. The molecule has 4 heteroatoms. The summed E-state index contributed by atoms with van der Waals surface area (Å²) in [5, 5.41) is 3.48. The Hall–Kier alpha value is -2.10. The van der Waals surface area contributed by atoms with Crippen molar-refractivity contribution in [2.45, 2.75) is 39.8 Å². The van der Waals surface area contributed by atoms with E-state index >= 15 is 0 Å². The van der Waals surface area contributed by atoms with E-state index in [9.17, 15) is 8.78 Å². The van der Waals surface area contributed by atoms with Gasteiger partial charge in [0.2, 0.25) is 0 Å². The van der Waals surface area contributed by atoms with E-state index in [1.807, 2.05) is 0 Å². The first-order chi connectivity index (χ1) is 10.8. The summed E-state index contributed by atoms with van der Waals surface area (Å²) in [6, 6.07) is 8.45. The summed E-state index contributed by atoms with van der Waals surface area (Å²) in [5.74, 6) is -1.60. The van der Waals surface area contributed by atoms with Gasteiger partial charge in [-0.3, -0.25) is 0 Å². The summed E-state index contributed by atoms with van der Waals surface area (Å²) in [7, 11) is 0. The molecule has 0 radical (unpaired) electrons. The van der Waals surface area contributed by atoms with Crippen molar-refractivity contribution in [1.29, 1.82) is 0 Å². The monoisotopic (exact) mass is 316 g/mol. The van der Waals surface area contributed by atoms with Gasteiger partial charge in [-0.05, 0) is 68.7 Å². The number of hydrogen-bond donors (Lipinski definition) is 1. The molecule has 2 aromatic carbocycles. The van der Waals surface area contributed by atoms with Crippen LogP contribution >= 0.6 is 0 Å². The van der Waals surface area contributed by atoms with E-state index in [1.165, 1.54) is 23.3 Å². The lowest BCUT2D eigenvalue weighted by Gasteiger charge is -2.46. The first-order valence-electron chi connectivity index (χ1n) is 7.84. The van der Waals surface area contributed by atoms with Crippen molar-refractivity contribution < 1.29 is 8.78 Å². The Bertz CT molecular complexity index is 753. The van der Waals surface area contributed by atoms with Crippen LogP contribution in [0.3, 0.4) is 0 Å². The van der Waals surface area contributed by atoms with Gasteiger partial charge < -0.3 is 10.2 Å². The average molecular weight is 316 g/mol. The van der Waals surface area contributed by atoms with Crippen molar-refractivity contribution >= 4 is 11.4 Å². The first-order valence-corrected chi connectivity index (χ1v) is 7.84. The topological polar surface area (TPSA) is 15.3 Å². The van der Waals surface area contributed by atoms with Crippen LogP contribution < -0.4 is 10.2 Å². The van der Waals surface area contributed by atoms with Crippen molar-refractivity contribution in [2.24, 2.45) is 0 Å². The third-order valence-corrected chi connectivity index (χ3v) is 4.67. The van der Waals surface area contributed by atoms with Crippen molar-refractivity contribution in [3.63, 3.8) is 0 Å². The fraction of sp³-hybridized carbons (Fsp3) is 0.368. The molecule has 1 aliphatic rings. The first kappa shape index (κ1) is 15.8. The average Bonchev–Trinajstić information content (AvgIpc) is 2.48. The summed E-state index contributed by atoms with van der Waals surface area (Å²) in [6.07, 6.45) is 0. The van der Waals surface area contributed by atoms with Gasteiger partial charge in [-0.15, -0.1) is 0 Å². The number of nitrogens with one attached hydrogen (secondary N) is 1. The molecule has 2 nitrogen and oxygen atoms in total. The SMILES string of the molecule is Cc1cc2c(cc1C)N(Cc1ccc(F)c(F)c1)C(C)(C)CN2. The second kappa shape index (κ2) is 5.52. The Morgan fingerprint density at radius 2 is 1.74 bits per heavy atom. The number of rotatable bonds is 2. The largest absolute Gasteiger partial charge is 0.381 e. The van der Waals surface area contributed by atoms with Crippen LogP contribution in [0.5, 0.6) is 0 Å². The molecule has 1 heterocycles. The number of anilines is 2. The number of nitrogens with zero attached hydrogens (tertiary/aromatic N) is 1. The Morgan fingerprint density at radius 3 is 2.43 bits per heavy atom. The predicted octanol–water partition coefficient (Wildman–Crippen LogP) is 4.79. The van der Waals surface area contributed by atoms with Crippen molar-refractivity contribution in [3.05, 3.63) is 58.7 Å². The van der Waals surface area contributed by atoms with Crippen LogP contribution in [-0.2, 0) is 6.54 Å². The molecule has 0 saturated carbocycles. The molecule has 0 fully saturated rings. The Morgan fingerprint density at radius 1 is 1.04 bits per heavy atom. The van der Waals surface area contributed by atoms with Gasteiger partial charge in [0.25, 0.3) is 0 Å². The highest BCUT2D eigenvalue weighted by atomic mass is 19.2. The second-order valence-electron chi connectivity index (χ2n) is 6.95. The van der Waals surface area contributed by atoms with Crippen LogP contribution in [0.1, 0.15) is 30.5 Å². The number of fused-ring (bicyclic) bond motifs is 1. The molecular formula is C19H22F2N2. The van der Waals surface area contributed by atoms with Crippen LogP contribution in [-0.4, -0.2) is 12.1 Å². The molecule has 0 saturated heterocycles. The van der Waals surface area contributed by atoms with E-state index in [1.54, 1.807) is 6.07 Å². The van der Waals surface area contributed by atoms with E-state index in [4.69, 9.17) is 0 Å². The molecule has 23 heavy (non-hydrogen) atoms. The maximum absolute atomic E-state index is 13.5.